The summed E-state index contributed by atoms with van der Waals surface area (Å²) in [5, 5.41) is 4.62. The fraction of sp³-hybridized carbons (Fsp3) is 0.348. The van der Waals surface area contributed by atoms with Crippen LogP contribution < -0.4 is 5.32 Å². The predicted molar refractivity (Wildman–Crippen MR) is 127 cm³/mol. The Bertz CT molecular complexity index is 951. The van der Waals surface area contributed by atoms with Gasteiger partial charge >= 0.3 is 6.03 Å². The van der Waals surface area contributed by atoms with Gasteiger partial charge in [0.2, 0.25) is 0 Å². The molecule has 0 aliphatic carbocycles. The first-order valence-corrected chi connectivity index (χ1v) is 11.6. The number of urea groups is 1. The van der Waals surface area contributed by atoms with Gasteiger partial charge in [-0.3, -0.25) is 4.99 Å². The number of nitrogens with zero attached hydrogens (tertiary/aromatic N) is 3. The molecule has 1 N–H and O–H groups in total. The first kappa shape index (κ1) is 20.9. The minimum absolute atomic E-state index is 0.0954. The summed E-state index contributed by atoms with van der Waals surface area (Å²) in [5.74, 6) is 1.02. The average Bonchev–Trinajstić information content (AvgIpc) is 3.13. The van der Waals surface area contributed by atoms with Crippen molar-refractivity contribution in [1.82, 2.24) is 4.90 Å². The van der Waals surface area contributed by atoms with Crippen molar-refractivity contribution in [2.24, 2.45) is 9.98 Å². The lowest BCUT2D eigenvalue weighted by molar-refractivity contribution is 0.175. The van der Waals surface area contributed by atoms with Crippen molar-refractivity contribution in [3.63, 3.8) is 0 Å². The number of rotatable bonds is 4. The molecule has 0 unspecified atom stereocenters. The van der Waals surface area contributed by atoms with Crippen LogP contribution in [-0.4, -0.2) is 46.2 Å². The van der Waals surface area contributed by atoms with E-state index in [9.17, 15) is 4.79 Å². The number of carbonyl (C=O) groups is 1. The molecule has 2 heterocycles. The van der Waals surface area contributed by atoms with Crippen LogP contribution in [0.15, 0.2) is 64.6 Å². The molecule has 2 aromatic rings. The van der Waals surface area contributed by atoms with Gasteiger partial charge in [-0.2, -0.15) is 0 Å². The number of hydrogen-bond donors (Lipinski definition) is 1. The van der Waals surface area contributed by atoms with Crippen LogP contribution in [0.5, 0.6) is 0 Å². The van der Waals surface area contributed by atoms with Crippen LogP contribution in [0.1, 0.15) is 31.7 Å². The molecular weight excluding hydrogens is 416 g/mol. The lowest BCUT2D eigenvalue weighted by Gasteiger charge is -2.35. The highest BCUT2D eigenvalue weighted by Crippen LogP contribution is 2.35. The molecule has 156 valence electrons. The van der Waals surface area contributed by atoms with Gasteiger partial charge in [0.05, 0.1) is 5.71 Å². The van der Waals surface area contributed by atoms with Crippen LogP contribution in [-0.2, 0) is 0 Å². The van der Waals surface area contributed by atoms with Crippen LogP contribution >= 0.6 is 23.4 Å². The fourth-order valence-electron chi connectivity index (χ4n) is 3.63. The normalized spacial score (nSPS) is 17.6. The Labute approximate surface area is 186 Å². The summed E-state index contributed by atoms with van der Waals surface area (Å²) in [5.41, 5.74) is 2.40. The van der Waals surface area contributed by atoms with Crippen LogP contribution in [0.3, 0.4) is 0 Å². The van der Waals surface area contributed by atoms with Crippen molar-refractivity contribution in [3.05, 3.63) is 65.2 Å². The molecule has 4 rings (SSSR count). The van der Waals surface area contributed by atoms with Gasteiger partial charge in [0.25, 0.3) is 0 Å². The van der Waals surface area contributed by atoms with E-state index in [4.69, 9.17) is 21.6 Å². The Morgan fingerprint density at radius 2 is 1.80 bits per heavy atom. The molecule has 1 spiro atoms. The summed E-state index contributed by atoms with van der Waals surface area (Å²) in [6, 6.07) is 17.3. The first-order valence-electron chi connectivity index (χ1n) is 10.3. The van der Waals surface area contributed by atoms with Gasteiger partial charge in [-0.1, -0.05) is 48.9 Å². The molecule has 30 heavy (non-hydrogen) atoms. The van der Waals surface area contributed by atoms with Crippen molar-refractivity contribution < 1.29 is 4.79 Å². The maximum atomic E-state index is 12.7. The zero-order valence-corrected chi connectivity index (χ0v) is 18.5. The largest absolute Gasteiger partial charge is 0.324 e. The van der Waals surface area contributed by atoms with Crippen LogP contribution in [0.25, 0.3) is 0 Å². The van der Waals surface area contributed by atoms with Crippen LogP contribution in [0.2, 0.25) is 5.02 Å². The van der Waals surface area contributed by atoms with Gasteiger partial charge < -0.3 is 10.2 Å². The van der Waals surface area contributed by atoms with E-state index in [-0.39, 0.29) is 6.03 Å². The van der Waals surface area contributed by atoms with E-state index in [1.807, 2.05) is 23.1 Å². The highest BCUT2D eigenvalue weighted by Gasteiger charge is 2.40. The zero-order chi connectivity index (χ0) is 21.0. The molecule has 0 saturated carbocycles. The minimum atomic E-state index is -0.446. The quantitative estimate of drug-likeness (QED) is 0.662. The van der Waals surface area contributed by atoms with E-state index >= 15 is 0 Å². The number of benzene rings is 2. The standard InChI is InChI=1S/C23H25ClN4OS/c1-2-16-30-21-20(17-6-4-3-5-7-17)26-23(27-21)12-14-28(15-13-23)22(29)25-19-10-8-18(24)9-11-19/h3-11H,2,12-16H2,1H3,(H,25,29). The van der Waals surface area contributed by atoms with E-state index in [1.165, 1.54) is 0 Å². The third-order valence-corrected chi connectivity index (χ3v) is 6.69. The number of carbonyl (C=O) groups excluding carboxylic acids is 1. The SMILES string of the molecule is CCCSC1=NC2(CCN(C(=O)Nc3ccc(Cl)cc3)CC2)N=C1c1ccccc1. The molecule has 1 fully saturated rings. The van der Waals surface area contributed by atoms with Gasteiger partial charge in [-0.25, -0.2) is 9.79 Å². The van der Waals surface area contributed by atoms with Crippen molar-refractivity contribution in [1.29, 1.82) is 0 Å². The molecule has 5 nitrogen and oxygen atoms in total. The highest BCUT2D eigenvalue weighted by atomic mass is 35.5. The maximum absolute atomic E-state index is 12.7. The molecule has 2 aromatic carbocycles. The number of aliphatic imine (C=N–C) groups is 2. The summed E-state index contributed by atoms with van der Waals surface area (Å²) < 4.78 is 0. The minimum Gasteiger partial charge on any atom is -0.324 e. The van der Waals surface area contributed by atoms with Crippen molar-refractivity contribution in [3.8, 4) is 0 Å². The van der Waals surface area contributed by atoms with E-state index in [1.54, 1.807) is 36.0 Å². The number of amides is 2. The summed E-state index contributed by atoms with van der Waals surface area (Å²) in [7, 11) is 0. The Morgan fingerprint density at radius 3 is 2.47 bits per heavy atom. The molecule has 1 saturated heterocycles. The van der Waals surface area contributed by atoms with Gasteiger partial charge in [0.15, 0.2) is 5.66 Å². The number of piperidine rings is 1. The van der Waals surface area contributed by atoms with E-state index in [0.717, 1.165) is 47.0 Å². The van der Waals surface area contributed by atoms with E-state index in [2.05, 4.69) is 24.4 Å². The maximum Gasteiger partial charge on any atom is 0.321 e. The lowest BCUT2D eigenvalue weighted by atomic mass is 9.98. The fourth-order valence-corrected chi connectivity index (χ4v) is 4.69. The predicted octanol–water partition coefficient (Wildman–Crippen LogP) is 5.71. The van der Waals surface area contributed by atoms with Crippen LogP contribution in [0, 0.1) is 0 Å². The first-order chi connectivity index (χ1) is 14.6. The molecular formula is C23H25ClN4OS. The Hall–Kier alpha value is -2.31. The van der Waals surface area contributed by atoms with Gasteiger partial charge in [0, 0.05) is 42.2 Å². The number of thioether (sulfide) groups is 1. The van der Waals surface area contributed by atoms with Crippen LogP contribution in [0.4, 0.5) is 10.5 Å². The molecule has 2 aliphatic heterocycles. The number of likely N-dealkylation sites (tertiary alicyclic amines) is 1. The summed E-state index contributed by atoms with van der Waals surface area (Å²) >= 11 is 7.70. The third kappa shape index (κ3) is 4.71. The molecule has 0 bridgehead atoms. The average molecular weight is 441 g/mol. The number of hydrogen-bond acceptors (Lipinski definition) is 4. The Balaban J connectivity index is 1.45. The molecule has 0 atom stereocenters. The van der Waals surface area contributed by atoms with Gasteiger partial charge in [-0.15, -0.1) is 11.8 Å². The summed E-state index contributed by atoms with van der Waals surface area (Å²) in [4.78, 5) is 24.6. The highest BCUT2D eigenvalue weighted by molar-refractivity contribution is 8.15. The topological polar surface area (TPSA) is 57.1 Å². The second-order valence-corrected chi connectivity index (χ2v) is 9.02. The molecule has 0 radical (unpaired) electrons. The smallest absolute Gasteiger partial charge is 0.321 e. The molecule has 2 aliphatic rings. The summed E-state index contributed by atoms with van der Waals surface area (Å²) in [6.07, 6.45) is 2.55. The number of anilines is 1. The van der Waals surface area contributed by atoms with Crippen molar-refractivity contribution >= 4 is 45.8 Å². The molecule has 0 aromatic heterocycles. The van der Waals surface area contributed by atoms with Gasteiger partial charge in [0.1, 0.15) is 5.04 Å². The third-order valence-electron chi connectivity index (χ3n) is 5.27. The van der Waals surface area contributed by atoms with Crippen molar-refractivity contribution in [2.75, 3.05) is 24.2 Å². The molecule has 2 amide bonds. The van der Waals surface area contributed by atoms with E-state index in [0.29, 0.717) is 18.1 Å². The Morgan fingerprint density at radius 1 is 1.10 bits per heavy atom. The monoisotopic (exact) mass is 440 g/mol. The van der Waals surface area contributed by atoms with E-state index < -0.39 is 5.66 Å². The zero-order valence-electron chi connectivity index (χ0n) is 17.0. The second kappa shape index (κ2) is 9.23. The Kier molecular flexibility index (Phi) is 6.44. The molecule has 7 heteroatoms. The summed E-state index contributed by atoms with van der Waals surface area (Å²) in [6.45, 7) is 3.43. The van der Waals surface area contributed by atoms with Gasteiger partial charge in [-0.05, 0) is 36.4 Å². The van der Waals surface area contributed by atoms with Crippen molar-refractivity contribution in [2.45, 2.75) is 31.8 Å². The lowest BCUT2D eigenvalue weighted by Crippen LogP contribution is -2.46. The number of halogens is 1. The second-order valence-electron chi connectivity index (χ2n) is 7.50. The number of nitrogens with one attached hydrogen (secondary N) is 1.